The Balaban J connectivity index is 1.80. The Morgan fingerprint density at radius 2 is 1.75 bits per heavy atom. The Kier molecular flexibility index (Phi) is 6.27. The number of rotatable bonds is 5. The normalized spacial score (nSPS) is 15.3. The molecular weight excluding hydrogens is 624 g/mol. The van der Waals surface area contributed by atoms with Gasteiger partial charge in [0, 0.05) is 21.3 Å². The van der Waals surface area contributed by atoms with Crippen LogP contribution in [-0.2, 0) is 15.3 Å². The zero-order valence-electron chi connectivity index (χ0n) is 18.1. The van der Waals surface area contributed by atoms with Crippen LogP contribution < -0.4 is 0 Å². The van der Waals surface area contributed by atoms with Gasteiger partial charge in [0.1, 0.15) is 21.0 Å². The summed E-state index contributed by atoms with van der Waals surface area (Å²) >= 11 is 16.5. The van der Waals surface area contributed by atoms with Gasteiger partial charge in [0.15, 0.2) is 14.8 Å². The van der Waals surface area contributed by atoms with Crippen LogP contribution in [0.4, 0.5) is 13.2 Å². The Morgan fingerprint density at radius 1 is 1.08 bits per heavy atom. The predicted octanol–water partition coefficient (Wildman–Crippen LogP) is 7.12. The third kappa shape index (κ3) is 4.36. The molecule has 0 unspecified atom stereocenters. The van der Waals surface area contributed by atoms with Crippen molar-refractivity contribution in [3.8, 4) is 27.6 Å². The maximum Gasteiger partial charge on any atom is 0.400 e. The van der Waals surface area contributed by atoms with Crippen LogP contribution in [0.5, 0.6) is 0 Å². The van der Waals surface area contributed by atoms with Gasteiger partial charge in [-0.15, -0.1) is 10.2 Å². The van der Waals surface area contributed by atoms with Crippen LogP contribution >= 0.6 is 50.5 Å². The first-order chi connectivity index (χ1) is 16.8. The molecule has 1 aliphatic rings. The van der Waals surface area contributed by atoms with Crippen molar-refractivity contribution in [3.05, 3.63) is 62.0 Å². The molecule has 4 aromatic rings. The topological polar surface area (TPSA) is 77.7 Å². The number of aromatic nitrogens is 4. The van der Waals surface area contributed by atoms with Gasteiger partial charge in [-0.2, -0.15) is 18.3 Å². The van der Waals surface area contributed by atoms with E-state index in [4.69, 9.17) is 23.2 Å². The monoisotopic (exact) mass is 636 g/mol. The van der Waals surface area contributed by atoms with Gasteiger partial charge >= 0.3 is 6.18 Å². The molecule has 1 saturated carbocycles. The first-order valence-electron chi connectivity index (χ1n) is 10.3. The lowest BCUT2D eigenvalue weighted by Gasteiger charge is -2.15. The first-order valence-corrected chi connectivity index (χ1v) is 14.5. The zero-order chi connectivity index (χ0) is 26.0. The number of nitrogens with zero attached hydrogens (tertiary/aromatic N) is 4. The van der Waals surface area contributed by atoms with Crippen LogP contribution in [-0.4, -0.2) is 40.8 Å². The van der Waals surface area contributed by atoms with Gasteiger partial charge in [-0.25, -0.2) is 13.1 Å². The standard InChI is InChI=1S/C22H14BrCl2F3N4O2S2/c1-36(33,34)18-16(19-29-30-20(35-19)21(8-9-21)22(26,27)28)31-32(15-7-6-13(24)10-14(15)25)17(18)11-2-4-12(23)5-3-11/h2-7,10H,8-9H2,1H3. The van der Waals surface area contributed by atoms with Gasteiger partial charge < -0.3 is 0 Å². The maximum atomic E-state index is 13.7. The molecule has 2 aromatic carbocycles. The fourth-order valence-electron chi connectivity index (χ4n) is 3.84. The van der Waals surface area contributed by atoms with Crippen LogP contribution in [0.1, 0.15) is 17.8 Å². The minimum Gasteiger partial charge on any atom is -0.229 e. The summed E-state index contributed by atoms with van der Waals surface area (Å²) in [6.07, 6.45) is -3.67. The van der Waals surface area contributed by atoms with Crippen LogP contribution in [0.3, 0.4) is 0 Å². The molecule has 0 saturated heterocycles. The van der Waals surface area contributed by atoms with Crippen LogP contribution in [0.2, 0.25) is 10.0 Å². The van der Waals surface area contributed by atoms with Gasteiger partial charge in [0.05, 0.1) is 16.4 Å². The molecule has 1 aliphatic carbocycles. The summed E-state index contributed by atoms with van der Waals surface area (Å²) in [5.41, 5.74) is -1.16. The summed E-state index contributed by atoms with van der Waals surface area (Å²) in [5, 5.41) is 12.5. The quantitative estimate of drug-likeness (QED) is 0.233. The van der Waals surface area contributed by atoms with Gasteiger partial charge in [0.2, 0.25) is 0 Å². The molecule has 188 valence electrons. The van der Waals surface area contributed by atoms with E-state index in [1.807, 2.05) is 0 Å². The third-order valence-corrected chi connectivity index (χ3v) is 9.13. The Bertz CT molecular complexity index is 1600. The van der Waals surface area contributed by atoms with Crippen LogP contribution in [0.25, 0.3) is 27.6 Å². The average molecular weight is 638 g/mol. The Hall–Kier alpha value is -1.99. The van der Waals surface area contributed by atoms with Gasteiger partial charge in [-0.3, -0.25) is 0 Å². The average Bonchev–Trinajstić information content (AvgIpc) is 3.29. The molecule has 0 bridgehead atoms. The summed E-state index contributed by atoms with van der Waals surface area (Å²) in [4.78, 5) is -0.199. The van der Waals surface area contributed by atoms with E-state index in [1.54, 1.807) is 36.4 Å². The molecule has 2 heterocycles. The largest absolute Gasteiger partial charge is 0.400 e. The van der Waals surface area contributed by atoms with E-state index in [2.05, 4.69) is 31.2 Å². The predicted molar refractivity (Wildman–Crippen MR) is 136 cm³/mol. The highest BCUT2D eigenvalue weighted by Crippen LogP contribution is 2.60. The lowest BCUT2D eigenvalue weighted by Crippen LogP contribution is -2.28. The van der Waals surface area contributed by atoms with E-state index in [-0.39, 0.29) is 44.2 Å². The second-order valence-corrected chi connectivity index (χ2v) is 13.0. The molecule has 1 fully saturated rings. The third-order valence-electron chi connectivity index (χ3n) is 5.80. The summed E-state index contributed by atoms with van der Waals surface area (Å²) in [5.74, 6) is 0. The zero-order valence-corrected chi connectivity index (χ0v) is 22.9. The van der Waals surface area contributed by atoms with Gasteiger partial charge in [-0.1, -0.05) is 62.6 Å². The van der Waals surface area contributed by atoms with Crippen molar-refractivity contribution >= 4 is 60.3 Å². The van der Waals surface area contributed by atoms with Gasteiger partial charge in [-0.05, 0) is 43.2 Å². The van der Waals surface area contributed by atoms with E-state index in [1.165, 1.54) is 10.7 Å². The second kappa shape index (κ2) is 8.80. The Morgan fingerprint density at radius 3 is 2.31 bits per heavy atom. The Labute approximate surface area is 226 Å². The van der Waals surface area contributed by atoms with Crippen molar-refractivity contribution in [1.29, 1.82) is 0 Å². The molecule has 0 N–H and O–H groups in total. The molecule has 0 amide bonds. The first kappa shape index (κ1) is 25.7. The van der Waals surface area contributed by atoms with Crippen molar-refractivity contribution in [1.82, 2.24) is 20.0 Å². The molecule has 6 nitrogen and oxygen atoms in total. The molecule has 5 rings (SSSR count). The number of sulfone groups is 1. The number of hydrogen-bond donors (Lipinski definition) is 0. The molecular formula is C22H14BrCl2F3N4O2S2. The summed E-state index contributed by atoms with van der Waals surface area (Å²) < 4.78 is 69.3. The lowest BCUT2D eigenvalue weighted by molar-refractivity contribution is -0.160. The summed E-state index contributed by atoms with van der Waals surface area (Å²) in [7, 11) is -3.97. The fourth-order valence-corrected chi connectivity index (χ4v) is 6.80. The minimum absolute atomic E-state index is 0.0388. The van der Waals surface area contributed by atoms with Crippen molar-refractivity contribution in [2.75, 3.05) is 6.26 Å². The molecule has 0 spiro atoms. The van der Waals surface area contributed by atoms with E-state index in [0.29, 0.717) is 27.6 Å². The number of halogens is 6. The smallest absolute Gasteiger partial charge is 0.229 e. The highest BCUT2D eigenvalue weighted by molar-refractivity contribution is 9.10. The SMILES string of the molecule is CS(=O)(=O)c1c(-c2nnc(C3(C(F)(F)F)CC3)s2)nn(-c2ccc(Cl)cc2Cl)c1-c1ccc(Br)cc1. The minimum atomic E-state index is -4.48. The molecule has 0 atom stereocenters. The summed E-state index contributed by atoms with van der Waals surface area (Å²) in [6.45, 7) is 0. The molecule has 0 radical (unpaired) electrons. The lowest BCUT2D eigenvalue weighted by atomic mass is 10.1. The molecule has 2 aromatic heterocycles. The van der Waals surface area contributed by atoms with E-state index in [0.717, 1.165) is 10.7 Å². The maximum absolute atomic E-state index is 13.7. The van der Waals surface area contributed by atoms with E-state index < -0.39 is 21.4 Å². The van der Waals surface area contributed by atoms with Crippen molar-refractivity contribution < 1.29 is 21.6 Å². The van der Waals surface area contributed by atoms with Crippen molar-refractivity contribution in [2.24, 2.45) is 0 Å². The van der Waals surface area contributed by atoms with Crippen LogP contribution in [0.15, 0.2) is 51.8 Å². The molecule has 14 heteroatoms. The molecule has 0 aliphatic heterocycles. The number of alkyl halides is 3. The van der Waals surface area contributed by atoms with Crippen molar-refractivity contribution in [3.63, 3.8) is 0 Å². The van der Waals surface area contributed by atoms with Crippen molar-refractivity contribution in [2.45, 2.75) is 29.3 Å². The fraction of sp³-hybridized carbons (Fsp3) is 0.227. The van der Waals surface area contributed by atoms with Gasteiger partial charge in [0.25, 0.3) is 0 Å². The highest BCUT2D eigenvalue weighted by atomic mass is 79.9. The van der Waals surface area contributed by atoms with Crippen LogP contribution in [0, 0.1) is 0 Å². The van der Waals surface area contributed by atoms with E-state index in [9.17, 15) is 21.6 Å². The molecule has 36 heavy (non-hydrogen) atoms. The summed E-state index contributed by atoms with van der Waals surface area (Å²) in [6, 6.07) is 11.5. The second-order valence-electron chi connectivity index (χ2n) is 8.31. The highest BCUT2D eigenvalue weighted by Gasteiger charge is 2.66. The van der Waals surface area contributed by atoms with E-state index >= 15 is 0 Å². The number of hydrogen-bond acceptors (Lipinski definition) is 6. The number of benzene rings is 2.